The summed E-state index contributed by atoms with van der Waals surface area (Å²) in [6.07, 6.45) is 6.43. The second-order valence-corrected chi connectivity index (χ2v) is 6.05. The van der Waals surface area contributed by atoms with Crippen LogP contribution in [-0.2, 0) is 19.1 Å². The van der Waals surface area contributed by atoms with Gasteiger partial charge in [0.25, 0.3) is 0 Å². The summed E-state index contributed by atoms with van der Waals surface area (Å²) in [7, 11) is 1.27. The van der Waals surface area contributed by atoms with Gasteiger partial charge in [0.2, 0.25) is 0 Å². The van der Waals surface area contributed by atoms with Crippen LogP contribution in [0.1, 0.15) is 38.2 Å². The Bertz CT molecular complexity index is 630. The molecule has 1 aliphatic carbocycles. The van der Waals surface area contributed by atoms with E-state index in [2.05, 4.69) is 29.9 Å². The summed E-state index contributed by atoms with van der Waals surface area (Å²) in [5.41, 5.74) is 1.88. The molecule has 0 saturated heterocycles. The molecule has 24 heavy (non-hydrogen) atoms. The van der Waals surface area contributed by atoms with Crippen LogP contribution in [-0.4, -0.2) is 25.2 Å². The SMILES string of the molecule is COC(=O)[C@H](C)OC(=O)C1=CC=CC([C@H](C)c2ccccc2)CC1. The maximum Gasteiger partial charge on any atom is 0.346 e. The molecule has 3 atom stereocenters. The summed E-state index contributed by atoms with van der Waals surface area (Å²) in [6.45, 7) is 3.71. The molecule has 1 aliphatic rings. The molecule has 0 radical (unpaired) electrons. The zero-order valence-corrected chi connectivity index (χ0v) is 14.4. The Morgan fingerprint density at radius 2 is 1.88 bits per heavy atom. The fourth-order valence-electron chi connectivity index (χ4n) is 2.86. The molecule has 1 aromatic carbocycles. The lowest BCUT2D eigenvalue weighted by Gasteiger charge is -2.21. The highest BCUT2D eigenvalue weighted by Gasteiger charge is 2.23. The molecule has 0 amide bonds. The molecule has 0 aromatic heterocycles. The van der Waals surface area contributed by atoms with Crippen molar-refractivity contribution in [2.24, 2.45) is 5.92 Å². The molecule has 0 aliphatic heterocycles. The standard InChI is InChI=1S/C20H24O4/c1-14(16-8-5-4-6-9-16)17-10-7-11-18(13-12-17)20(22)24-15(2)19(21)23-3/h4-11,14-15,17H,12-13H2,1-3H3/t14-,15+,17?/m1/s1. The first-order valence-electron chi connectivity index (χ1n) is 8.24. The second-order valence-electron chi connectivity index (χ2n) is 6.05. The molecule has 0 fully saturated rings. The first-order valence-corrected chi connectivity index (χ1v) is 8.24. The van der Waals surface area contributed by atoms with Crippen molar-refractivity contribution in [3.8, 4) is 0 Å². The number of benzene rings is 1. The van der Waals surface area contributed by atoms with E-state index in [1.54, 1.807) is 6.08 Å². The zero-order chi connectivity index (χ0) is 17.5. The maximum absolute atomic E-state index is 12.2. The predicted octanol–water partition coefficient (Wildman–Crippen LogP) is 3.79. The van der Waals surface area contributed by atoms with Gasteiger partial charge in [0.05, 0.1) is 7.11 Å². The molecule has 0 heterocycles. The third kappa shape index (κ3) is 4.57. The second kappa shape index (κ2) is 8.48. The topological polar surface area (TPSA) is 52.6 Å². The van der Waals surface area contributed by atoms with E-state index in [0.717, 1.165) is 6.42 Å². The van der Waals surface area contributed by atoms with Crippen molar-refractivity contribution < 1.29 is 19.1 Å². The van der Waals surface area contributed by atoms with Gasteiger partial charge in [-0.15, -0.1) is 0 Å². The van der Waals surface area contributed by atoms with Crippen molar-refractivity contribution in [2.75, 3.05) is 7.11 Å². The van der Waals surface area contributed by atoms with Crippen LogP contribution in [0.5, 0.6) is 0 Å². The van der Waals surface area contributed by atoms with Crippen LogP contribution in [0, 0.1) is 5.92 Å². The van der Waals surface area contributed by atoms with Crippen LogP contribution < -0.4 is 0 Å². The summed E-state index contributed by atoms with van der Waals surface area (Å²) in [6, 6.07) is 10.4. The number of esters is 2. The van der Waals surface area contributed by atoms with E-state index in [-0.39, 0.29) is 0 Å². The normalized spacial score (nSPS) is 19.6. The van der Waals surface area contributed by atoms with Crippen LogP contribution >= 0.6 is 0 Å². The summed E-state index contributed by atoms with van der Waals surface area (Å²) >= 11 is 0. The van der Waals surface area contributed by atoms with Gasteiger partial charge in [-0.05, 0) is 37.2 Å². The van der Waals surface area contributed by atoms with E-state index in [0.29, 0.717) is 23.8 Å². The summed E-state index contributed by atoms with van der Waals surface area (Å²) in [5, 5.41) is 0. The number of hydrogen-bond acceptors (Lipinski definition) is 4. The number of carbonyl (C=O) groups is 2. The van der Waals surface area contributed by atoms with Crippen LogP contribution in [0.4, 0.5) is 0 Å². The van der Waals surface area contributed by atoms with E-state index in [1.165, 1.54) is 19.6 Å². The Labute approximate surface area is 143 Å². The van der Waals surface area contributed by atoms with Gasteiger partial charge in [-0.1, -0.05) is 55.5 Å². The molecule has 0 bridgehead atoms. The van der Waals surface area contributed by atoms with Crippen LogP contribution in [0.2, 0.25) is 0 Å². The fourth-order valence-corrected chi connectivity index (χ4v) is 2.86. The quantitative estimate of drug-likeness (QED) is 0.772. The molecular weight excluding hydrogens is 304 g/mol. The lowest BCUT2D eigenvalue weighted by atomic mass is 9.84. The van der Waals surface area contributed by atoms with E-state index in [1.807, 2.05) is 24.3 Å². The first-order chi connectivity index (χ1) is 11.5. The predicted molar refractivity (Wildman–Crippen MR) is 92.4 cm³/mol. The lowest BCUT2D eigenvalue weighted by Crippen LogP contribution is -2.26. The van der Waals surface area contributed by atoms with Gasteiger partial charge in [-0.3, -0.25) is 0 Å². The first kappa shape index (κ1) is 18.0. The van der Waals surface area contributed by atoms with Crippen LogP contribution in [0.3, 0.4) is 0 Å². The molecule has 4 nitrogen and oxygen atoms in total. The van der Waals surface area contributed by atoms with Crippen molar-refractivity contribution in [1.82, 2.24) is 0 Å². The van der Waals surface area contributed by atoms with Gasteiger partial charge in [0.15, 0.2) is 6.10 Å². The minimum atomic E-state index is -0.894. The van der Waals surface area contributed by atoms with Crippen molar-refractivity contribution in [3.05, 3.63) is 59.7 Å². The summed E-state index contributed by atoms with van der Waals surface area (Å²) < 4.78 is 9.74. The summed E-state index contributed by atoms with van der Waals surface area (Å²) in [5.74, 6) is -0.276. The van der Waals surface area contributed by atoms with Gasteiger partial charge in [-0.25, -0.2) is 9.59 Å². The van der Waals surface area contributed by atoms with Gasteiger partial charge in [-0.2, -0.15) is 0 Å². The van der Waals surface area contributed by atoms with Gasteiger partial charge in [0, 0.05) is 5.57 Å². The lowest BCUT2D eigenvalue weighted by molar-refractivity contribution is -0.162. The van der Waals surface area contributed by atoms with Crippen molar-refractivity contribution in [2.45, 2.75) is 38.7 Å². The number of methoxy groups -OCH3 is 1. The highest BCUT2D eigenvalue weighted by molar-refractivity contribution is 5.91. The Morgan fingerprint density at radius 1 is 1.17 bits per heavy atom. The monoisotopic (exact) mass is 328 g/mol. The third-order valence-corrected chi connectivity index (χ3v) is 4.45. The smallest absolute Gasteiger partial charge is 0.346 e. The van der Waals surface area contributed by atoms with Crippen LogP contribution in [0.15, 0.2) is 54.1 Å². The molecule has 0 spiro atoms. The number of ether oxygens (including phenoxy) is 2. The number of carbonyl (C=O) groups excluding carboxylic acids is 2. The molecule has 2 rings (SSSR count). The van der Waals surface area contributed by atoms with Gasteiger partial charge in [0.1, 0.15) is 0 Å². The number of allylic oxidation sites excluding steroid dienone is 3. The fraction of sp³-hybridized carbons (Fsp3) is 0.400. The molecule has 128 valence electrons. The van der Waals surface area contributed by atoms with Crippen molar-refractivity contribution in [1.29, 1.82) is 0 Å². The van der Waals surface area contributed by atoms with E-state index in [4.69, 9.17) is 4.74 Å². The minimum absolute atomic E-state index is 0.354. The van der Waals surface area contributed by atoms with Crippen LogP contribution in [0.25, 0.3) is 0 Å². The average molecular weight is 328 g/mol. The molecule has 1 unspecified atom stereocenters. The highest BCUT2D eigenvalue weighted by Crippen LogP contribution is 2.31. The summed E-state index contributed by atoms with van der Waals surface area (Å²) in [4.78, 5) is 23.6. The Morgan fingerprint density at radius 3 is 2.54 bits per heavy atom. The Balaban J connectivity index is 1.96. The maximum atomic E-state index is 12.2. The third-order valence-electron chi connectivity index (χ3n) is 4.45. The van der Waals surface area contributed by atoms with Crippen molar-refractivity contribution >= 4 is 11.9 Å². The van der Waals surface area contributed by atoms with E-state index in [9.17, 15) is 9.59 Å². The van der Waals surface area contributed by atoms with Gasteiger partial charge >= 0.3 is 11.9 Å². The Kier molecular flexibility index (Phi) is 6.36. The minimum Gasteiger partial charge on any atom is -0.466 e. The molecule has 4 heteroatoms. The zero-order valence-electron chi connectivity index (χ0n) is 14.4. The average Bonchev–Trinajstić information content (AvgIpc) is 2.87. The molecule has 1 aromatic rings. The van der Waals surface area contributed by atoms with E-state index < -0.39 is 18.0 Å². The molecular formula is C20H24O4. The number of hydrogen-bond donors (Lipinski definition) is 0. The molecule has 0 saturated carbocycles. The van der Waals surface area contributed by atoms with Gasteiger partial charge < -0.3 is 9.47 Å². The molecule has 0 N–H and O–H groups in total. The Hall–Kier alpha value is -2.36. The van der Waals surface area contributed by atoms with E-state index >= 15 is 0 Å². The number of rotatable bonds is 5. The van der Waals surface area contributed by atoms with Crippen molar-refractivity contribution in [3.63, 3.8) is 0 Å². The largest absolute Gasteiger partial charge is 0.466 e. The highest BCUT2D eigenvalue weighted by atomic mass is 16.6.